The van der Waals surface area contributed by atoms with E-state index in [0.717, 1.165) is 27.2 Å². The number of imidazole rings is 1. The summed E-state index contributed by atoms with van der Waals surface area (Å²) in [7, 11) is 0. The first-order valence-electron chi connectivity index (χ1n) is 12.5. The highest BCUT2D eigenvalue weighted by Gasteiger charge is 2.21. The summed E-state index contributed by atoms with van der Waals surface area (Å²) in [5, 5.41) is 7.38. The summed E-state index contributed by atoms with van der Waals surface area (Å²) in [5.41, 5.74) is 8.70. The van der Waals surface area contributed by atoms with Crippen molar-refractivity contribution in [3.63, 3.8) is 0 Å². The second kappa shape index (κ2) is 12.1. The van der Waals surface area contributed by atoms with Gasteiger partial charge in [-0.3, -0.25) is 9.36 Å². The van der Waals surface area contributed by atoms with Gasteiger partial charge < -0.3 is 25.8 Å². The summed E-state index contributed by atoms with van der Waals surface area (Å²) in [6.45, 7) is 8.96. The van der Waals surface area contributed by atoms with Gasteiger partial charge in [-0.25, -0.2) is 9.78 Å². The van der Waals surface area contributed by atoms with Crippen molar-refractivity contribution in [3.8, 4) is 10.8 Å². The molecule has 0 spiro atoms. The van der Waals surface area contributed by atoms with E-state index in [4.69, 9.17) is 26.8 Å². The number of primary amides is 1. The van der Waals surface area contributed by atoms with Crippen LogP contribution in [-0.2, 0) is 11.3 Å². The maximum absolute atomic E-state index is 12.2. The van der Waals surface area contributed by atoms with E-state index >= 15 is 0 Å². The number of ether oxygens (including phenoxy) is 2. The fourth-order valence-corrected chi connectivity index (χ4v) is 5.15. The molecule has 11 heteroatoms. The zero-order chi connectivity index (χ0) is 28.2. The number of carbonyl (C=O) groups is 2. The zero-order valence-corrected chi connectivity index (χ0v) is 23.9. The van der Waals surface area contributed by atoms with Crippen LogP contribution >= 0.6 is 22.9 Å². The Bertz CT molecular complexity index is 1480. The predicted octanol–water partition coefficient (Wildman–Crippen LogP) is 5.59. The number of alkyl carbamates (subject to hydrolysis) is 1. The lowest BCUT2D eigenvalue weighted by atomic mass is 10.1. The van der Waals surface area contributed by atoms with Crippen LogP contribution in [0.25, 0.3) is 16.0 Å². The maximum Gasteiger partial charge on any atom is 0.407 e. The Morgan fingerprint density at radius 1 is 1.15 bits per heavy atom. The first-order chi connectivity index (χ1) is 18.5. The highest BCUT2D eigenvalue weighted by molar-refractivity contribution is 7.16. The van der Waals surface area contributed by atoms with Crippen LogP contribution in [-0.4, -0.2) is 40.2 Å². The van der Waals surface area contributed by atoms with E-state index in [9.17, 15) is 9.59 Å². The number of hydrogen-bond donors (Lipinski definition) is 3. The quantitative estimate of drug-likeness (QED) is 0.214. The molecule has 2 aromatic heterocycles. The number of fused-ring (bicyclic) bond motifs is 1. The molecular weight excluding hydrogens is 538 g/mol. The number of halogens is 1. The van der Waals surface area contributed by atoms with Crippen LogP contribution in [0.2, 0.25) is 5.02 Å². The number of aromatic nitrogens is 2. The Morgan fingerprint density at radius 3 is 2.64 bits per heavy atom. The van der Waals surface area contributed by atoms with Crippen molar-refractivity contribution in [1.82, 2.24) is 20.2 Å². The second-order valence-corrected chi connectivity index (χ2v) is 11.4. The van der Waals surface area contributed by atoms with E-state index in [1.165, 1.54) is 11.3 Å². The lowest BCUT2D eigenvalue weighted by molar-refractivity contribution is 0.0528. The molecule has 0 saturated carbocycles. The first kappa shape index (κ1) is 28.4. The molecule has 0 fully saturated rings. The first-order valence-corrected chi connectivity index (χ1v) is 13.7. The smallest absolute Gasteiger partial charge is 0.407 e. The SMILES string of the molecule is C[C@@H](Oc1cc(-n2cnc3ccc(CNCCNC(=O)OC(C)(C)C)cc32)sc1C(N)=O)c1ccccc1Cl. The van der Waals surface area contributed by atoms with Crippen LogP contribution in [0, 0.1) is 0 Å². The molecule has 9 nitrogen and oxygen atoms in total. The highest BCUT2D eigenvalue weighted by atomic mass is 35.5. The number of thiophene rings is 1. The Kier molecular flexibility index (Phi) is 8.79. The summed E-state index contributed by atoms with van der Waals surface area (Å²) < 4.78 is 13.3. The van der Waals surface area contributed by atoms with Crippen LogP contribution in [0.5, 0.6) is 5.75 Å². The third-order valence-corrected chi connectivity index (χ3v) is 7.18. The number of amides is 2. The summed E-state index contributed by atoms with van der Waals surface area (Å²) >= 11 is 7.58. The van der Waals surface area contributed by atoms with E-state index in [1.54, 1.807) is 18.5 Å². The van der Waals surface area contributed by atoms with Gasteiger partial charge in [0.2, 0.25) is 0 Å². The molecule has 1 atom stereocenters. The predicted molar refractivity (Wildman–Crippen MR) is 154 cm³/mol. The molecule has 0 radical (unpaired) electrons. The van der Waals surface area contributed by atoms with Gasteiger partial charge in [-0.2, -0.15) is 0 Å². The molecule has 2 amide bonds. The number of nitrogens with zero attached hydrogens (tertiary/aromatic N) is 2. The average Bonchev–Trinajstić information content (AvgIpc) is 3.46. The van der Waals surface area contributed by atoms with Gasteiger partial charge in [0.1, 0.15) is 33.7 Å². The van der Waals surface area contributed by atoms with Crippen LogP contribution in [0.1, 0.15) is 54.6 Å². The zero-order valence-electron chi connectivity index (χ0n) is 22.3. The lowest BCUT2D eigenvalue weighted by Gasteiger charge is -2.19. The van der Waals surface area contributed by atoms with Gasteiger partial charge in [-0.1, -0.05) is 35.9 Å². The van der Waals surface area contributed by atoms with Gasteiger partial charge in [0.15, 0.2) is 0 Å². The summed E-state index contributed by atoms with van der Waals surface area (Å²) in [6, 6.07) is 15.2. The minimum atomic E-state index is -0.568. The summed E-state index contributed by atoms with van der Waals surface area (Å²) in [6.07, 6.45) is 0.886. The maximum atomic E-state index is 12.2. The van der Waals surface area contributed by atoms with Crippen molar-refractivity contribution < 1.29 is 19.1 Å². The fourth-order valence-electron chi connectivity index (χ4n) is 3.94. The van der Waals surface area contributed by atoms with Crippen molar-refractivity contribution in [1.29, 1.82) is 0 Å². The van der Waals surface area contributed by atoms with E-state index < -0.39 is 17.6 Å². The van der Waals surface area contributed by atoms with Crippen molar-refractivity contribution in [3.05, 3.63) is 75.9 Å². The fraction of sp³-hybridized carbons (Fsp3) is 0.321. The molecule has 4 aromatic rings. The molecule has 0 aliphatic rings. The van der Waals surface area contributed by atoms with Crippen LogP contribution < -0.4 is 21.1 Å². The van der Waals surface area contributed by atoms with E-state index in [0.29, 0.717) is 35.3 Å². The molecule has 0 saturated heterocycles. The lowest BCUT2D eigenvalue weighted by Crippen LogP contribution is -2.36. The van der Waals surface area contributed by atoms with Gasteiger partial charge in [-0.15, -0.1) is 11.3 Å². The monoisotopic (exact) mass is 569 g/mol. The second-order valence-electron chi connectivity index (χ2n) is 9.97. The molecule has 206 valence electrons. The third kappa shape index (κ3) is 7.29. The summed E-state index contributed by atoms with van der Waals surface area (Å²) in [4.78, 5) is 28.9. The van der Waals surface area contributed by atoms with Crippen LogP contribution in [0.4, 0.5) is 4.79 Å². The molecular formula is C28H32ClN5O4S. The molecule has 2 heterocycles. The standard InChI is InChI=1S/C28H32ClN5O4S/c1-17(19-7-5-6-8-20(19)29)37-23-14-24(39-25(23)26(30)35)34-16-33-21-10-9-18(13-22(21)34)15-31-11-12-32-27(36)38-28(2,3)4/h5-10,13-14,16-17,31H,11-12,15H2,1-4H3,(H2,30,35)(H,32,36)/t17-/m1/s1. The normalized spacial score (nSPS) is 12.3. The minimum absolute atomic E-state index is 0.320. The molecule has 4 rings (SSSR count). The molecule has 0 aliphatic carbocycles. The van der Waals surface area contributed by atoms with Gasteiger partial charge in [0.05, 0.1) is 11.0 Å². The topological polar surface area (TPSA) is 120 Å². The van der Waals surface area contributed by atoms with E-state index in [2.05, 4.69) is 15.6 Å². The average molecular weight is 570 g/mol. The minimum Gasteiger partial charge on any atom is -0.484 e. The van der Waals surface area contributed by atoms with Gasteiger partial charge in [0.25, 0.3) is 5.91 Å². The Hall–Kier alpha value is -3.60. The number of nitrogens with two attached hydrogens (primary N) is 1. The van der Waals surface area contributed by atoms with Gasteiger partial charge >= 0.3 is 6.09 Å². The number of hydrogen-bond acceptors (Lipinski definition) is 7. The van der Waals surface area contributed by atoms with Crippen molar-refractivity contribution in [2.24, 2.45) is 5.73 Å². The van der Waals surface area contributed by atoms with Crippen molar-refractivity contribution in [2.75, 3.05) is 13.1 Å². The number of carbonyl (C=O) groups excluding carboxylic acids is 2. The van der Waals surface area contributed by atoms with Gasteiger partial charge in [-0.05, 0) is 51.5 Å². The molecule has 4 N–H and O–H groups in total. The largest absolute Gasteiger partial charge is 0.484 e. The van der Waals surface area contributed by atoms with Crippen molar-refractivity contribution in [2.45, 2.75) is 45.9 Å². The molecule has 0 aliphatic heterocycles. The number of benzene rings is 2. The number of nitrogens with one attached hydrogen (secondary N) is 2. The van der Waals surface area contributed by atoms with Crippen LogP contribution in [0.3, 0.4) is 0 Å². The Labute approximate surface area is 236 Å². The molecule has 0 bridgehead atoms. The molecule has 2 aromatic carbocycles. The highest BCUT2D eigenvalue weighted by Crippen LogP contribution is 2.37. The van der Waals surface area contributed by atoms with Crippen molar-refractivity contribution >= 4 is 46.0 Å². The van der Waals surface area contributed by atoms with Crippen LogP contribution in [0.15, 0.2) is 54.9 Å². The Morgan fingerprint density at radius 2 is 1.92 bits per heavy atom. The number of rotatable bonds is 10. The molecule has 0 unspecified atom stereocenters. The Balaban J connectivity index is 1.47. The third-order valence-electron chi connectivity index (χ3n) is 5.70. The van der Waals surface area contributed by atoms with Gasteiger partial charge in [0, 0.05) is 36.3 Å². The molecule has 39 heavy (non-hydrogen) atoms. The van der Waals surface area contributed by atoms with E-state index in [-0.39, 0.29) is 6.10 Å². The summed E-state index contributed by atoms with van der Waals surface area (Å²) in [5.74, 6) is -0.172. The van der Waals surface area contributed by atoms with E-state index in [1.807, 2.05) is 68.7 Å².